The van der Waals surface area contributed by atoms with Gasteiger partial charge < -0.3 is 5.73 Å². The van der Waals surface area contributed by atoms with Crippen molar-refractivity contribution < 1.29 is 16.8 Å². The van der Waals surface area contributed by atoms with Gasteiger partial charge in [0.2, 0.25) is 10.0 Å². The largest absolute Gasteiger partial charge is 0.384 e. The van der Waals surface area contributed by atoms with Gasteiger partial charge in [0.05, 0.1) is 5.69 Å². The minimum Gasteiger partial charge on any atom is -0.384 e. The maximum absolute atomic E-state index is 11.6. The molecular formula is C9H13N3O4S2. The Labute approximate surface area is 105 Å². The molecule has 100 valence electrons. The van der Waals surface area contributed by atoms with E-state index in [4.69, 9.17) is 11.1 Å². The Morgan fingerprint density at radius 1 is 1.28 bits per heavy atom. The SMILES string of the molecule is CS(=O)(=O)CS(=O)(=O)Nc1ccccc1C(=N)N. The van der Waals surface area contributed by atoms with E-state index in [0.717, 1.165) is 6.26 Å². The summed E-state index contributed by atoms with van der Waals surface area (Å²) in [5.41, 5.74) is 5.56. The lowest BCUT2D eigenvalue weighted by atomic mass is 10.2. The van der Waals surface area contributed by atoms with E-state index in [1.54, 1.807) is 12.1 Å². The van der Waals surface area contributed by atoms with Gasteiger partial charge in [-0.1, -0.05) is 12.1 Å². The van der Waals surface area contributed by atoms with Crippen molar-refractivity contribution in [3.05, 3.63) is 29.8 Å². The van der Waals surface area contributed by atoms with E-state index in [-0.39, 0.29) is 17.1 Å². The predicted octanol–water partition coefficient (Wildman–Crippen LogP) is -0.286. The fourth-order valence-corrected chi connectivity index (χ4v) is 4.29. The standard InChI is InChI=1S/C9H13N3O4S2/c1-17(13,14)6-18(15,16)12-8-5-3-2-4-7(8)9(10)11/h2-5,12H,6H2,1H3,(H3,10,11). The first-order valence-electron chi connectivity index (χ1n) is 4.72. The van der Waals surface area contributed by atoms with E-state index in [9.17, 15) is 16.8 Å². The van der Waals surface area contributed by atoms with Crippen molar-refractivity contribution in [2.24, 2.45) is 5.73 Å². The summed E-state index contributed by atoms with van der Waals surface area (Å²) in [5.74, 6) is -0.312. The number of hydrogen-bond acceptors (Lipinski definition) is 5. The second-order valence-corrected chi connectivity index (χ2v) is 7.95. The van der Waals surface area contributed by atoms with Crippen molar-refractivity contribution in [3.8, 4) is 0 Å². The highest BCUT2D eigenvalue weighted by atomic mass is 32.3. The highest BCUT2D eigenvalue weighted by Gasteiger charge is 2.19. The number of hydrogen-bond donors (Lipinski definition) is 3. The molecule has 0 aliphatic rings. The summed E-state index contributed by atoms with van der Waals surface area (Å²) in [6, 6.07) is 5.99. The maximum atomic E-state index is 11.6. The molecule has 9 heteroatoms. The van der Waals surface area contributed by atoms with E-state index in [2.05, 4.69) is 4.72 Å². The van der Waals surface area contributed by atoms with Crippen LogP contribution in [0.25, 0.3) is 0 Å². The van der Waals surface area contributed by atoms with Gasteiger partial charge in [-0.25, -0.2) is 16.8 Å². The Kier molecular flexibility index (Phi) is 3.97. The lowest BCUT2D eigenvalue weighted by molar-refractivity contribution is 0.595. The molecule has 1 aromatic carbocycles. The minimum absolute atomic E-state index is 0.0775. The minimum atomic E-state index is -4.04. The first-order chi connectivity index (χ1) is 8.11. The number of benzene rings is 1. The van der Waals surface area contributed by atoms with Gasteiger partial charge in [-0.05, 0) is 12.1 Å². The van der Waals surface area contributed by atoms with Crippen LogP contribution in [0.5, 0.6) is 0 Å². The number of nitrogens with two attached hydrogens (primary N) is 1. The molecule has 0 heterocycles. The summed E-state index contributed by atoms with van der Waals surface area (Å²) in [6.45, 7) is 0. The topological polar surface area (TPSA) is 130 Å². The summed E-state index contributed by atoms with van der Waals surface area (Å²) in [7, 11) is -7.71. The summed E-state index contributed by atoms with van der Waals surface area (Å²) < 4.78 is 47.2. The molecule has 0 aromatic heterocycles. The van der Waals surface area contributed by atoms with Crippen molar-refractivity contribution in [1.29, 1.82) is 5.41 Å². The average molecular weight is 291 g/mol. The van der Waals surface area contributed by atoms with Crippen LogP contribution in [0.3, 0.4) is 0 Å². The quantitative estimate of drug-likeness (QED) is 0.507. The zero-order valence-corrected chi connectivity index (χ0v) is 11.2. The zero-order chi connectivity index (χ0) is 14.0. The zero-order valence-electron chi connectivity index (χ0n) is 9.54. The van der Waals surface area contributed by atoms with Gasteiger partial charge in [0.1, 0.15) is 5.84 Å². The van der Waals surface area contributed by atoms with Crippen LogP contribution in [-0.2, 0) is 19.9 Å². The van der Waals surface area contributed by atoms with Crippen molar-refractivity contribution >= 4 is 31.4 Å². The Balaban J connectivity index is 3.09. The summed E-state index contributed by atoms with van der Waals surface area (Å²) in [4.78, 5) is 0. The van der Waals surface area contributed by atoms with E-state index in [1.807, 2.05) is 0 Å². The second-order valence-electron chi connectivity index (χ2n) is 3.72. The number of sulfone groups is 1. The van der Waals surface area contributed by atoms with Gasteiger partial charge in [-0.2, -0.15) is 0 Å². The number of nitrogens with one attached hydrogen (secondary N) is 2. The number of anilines is 1. The normalized spacial score (nSPS) is 12.1. The van der Waals surface area contributed by atoms with Crippen LogP contribution in [0.1, 0.15) is 5.56 Å². The highest BCUT2D eigenvalue weighted by Crippen LogP contribution is 2.16. The van der Waals surface area contributed by atoms with Gasteiger partial charge in [-0.15, -0.1) is 0 Å². The third kappa shape index (κ3) is 4.34. The Hall–Kier alpha value is -1.61. The van der Waals surface area contributed by atoms with Gasteiger partial charge in [0.25, 0.3) is 0 Å². The monoisotopic (exact) mass is 291 g/mol. The predicted molar refractivity (Wildman–Crippen MR) is 69.7 cm³/mol. The molecular weight excluding hydrogens is 278 g/mol. The van der Waals surface area contributed by atoms with Crippen LogP contribution in [0.15, 0.2) is 24.3 Å². The van der Waals surface area contributed by atoms with Crippen molar-refractivity contribution in [1.82, 2.24) is 0 Å². The fraction of sp³-hybridized carbons (Fsp3) is 0.222. The van der Waals surface area contributed by atoms with Crippen molar-refractivity contribution in [2.75, 3.05) is 16.1 Å². The van der Waals surface area contributed by atoms with E-state index in [0.29, 0.717) is 0 Å². The number of para-hydroxylation sites is 1. The molecule has 18 heavy (non-hydrogen) atoms. The van der Waals surface area contributed by atoms with Crippen LogP contribution in [-0.4, -0.2) is 34.0 Å². The van der Waals surface area contributed by atoms with Crippen LogP contribution in [0, 0.1) is 5.41 Å². The van der Waals surface area contributed by atoms with E-state index in [1.165, 1.54) is 12.1 Å². The molecule has 1 rings (SSSR count). The molecule has 0 saturated carbocycles. The van der Waals surface area contributed by atoms with Crippen LogP contribution in [0.2, 0.25) is 0 Å². The molecule has 0 unspecified atom stereocenters. The summed E-state index contributed by atoms with van der Waals surface area (Å²) >= 11 is 0. The second kappa shape index (κ2) is 4.94. The third-order valence-corrected chi connectivity index (χ3v) is 5.34. The Morgan fingerprint density at radius 2 is 1.83 bits per heavy atom. The summed E-state index contributed by atoms with van der Waals surface area (Å²) in [5, 5.41) is 6.27. The molecule has 0 amide bonds. The molecule has 0 saturated heterocycles. The first-order valence-corrected chi connectivity index (χ1v) is 8.44. The molecule has 0 bridgehead atoms. The van der Waals surface area contributed by atoms with Gasteiger partial charge in [0, 0.05) is 11.8 Å². The Bertz CT molecular complexity index is 665. The highest BCUT2D eigenvalue weighted by molar-refractivity contribution is 8.08. The number of amidine groups is 1. The molecule has 1 aromatic rings. The van der Waals surface area contributed by atoms with Crippen LogP contribution < -0.4 is 10.5 Å². The lowest BCUT2D eigenvalue weighted by Gasteiger charge is -2.10. The third-order valence-electron chi connectivity index (χ3n) is 1.85. The molecule has 0 atom stereocenters. The number of rotatable bonds is 5. The summed E-state index contributed by atoms with van der Waals surface area (Å²) in [6.07, 6.45) is 0.823. The van der Waals surface area contributed by atoms with Crippen LogP contribution in [0.4, 0.5) is 5.69 Å². The smallest absolute Gasteiger partial charge is 0.247 e. The molecule has 7 nitrogen and oxygen atoms in total. The van der Waals surface area contributed by atoms with E-state index >= 15 is 0 Å². The molecule has 4 N–H and O–H groups in total. The first kappa shape index (κ1) is 14.5. The van der Waals surface area contributed by atoms with E-state index < -0.39 is 24.9 Å². The molecule has 0 aliphatic heterocycles. The molecule has 0 spiro atoms. The van der Waals surface area contributed by atoms with Gasteiger partial charge in [-0.3, -0.25) is 10.1 Å². The average Bonchev–Trinajstić information content (AvgIpc) is 2.13. The molecule has 0 fully saturated rings. The number of nitrogen functional groups attached to an aromatic ring is 1. The van der Waals surface area contributed by atoms with Crippen LogP contribution >= 0.6 is 0 Å². The lowest BCUT2D eigenvalue weighted by Crippen LogP contribution is -2.24. The molecule has 0 aliphatic carbocycles. The number of sulfonamides is 1. The van der Waals surface area contributed by atoms with Gasteiger partial charge >= 0.3 is 0 Å². The van der Waals surface area contributed by atoms with Crippen molar-refractivity contribution in [2.45, 2.75) is 0 Å². The van der Waals surface area contributed by atoms with Crippen molar-refractivity contribution in [3.63, 3.8) is 0 Å². The maximum Gasteiger partial charge on any atom is 0.247 e. The fourth-order valence-electron chi connectivity index (χ4n) is 1.29. The Morgan fingerprint density at radius 3 is 2.33 bits per heavy atom. The van der Waals surface area contributed by atoms with Gasteiger partial charge in [0.15, 0.2) is 14.9 Å². The molecule has 0 radical (unpaired) electrons.